The van der Waals surface area contributed by atoms with Gasteiger partial charge in [0.05, 0.1) is 5.56 Å². The summed E-state index contributed by atoms with van der Waals surface area (Å²) < 4.78 is 0. The molecule has 0 atom stereocenters. The van der Waals surface area contributed by atoms with Gasteiger partial charge in [-0.15, -0.1) is 23.1 Å². The van der Waals surface area contributed by atoms with Crippen molar-refractivity contribution in [1.29, 1.82) is 5.26 Å². The van der Waals surface area contributed by atoms with E-state index in [1.807, 2.05) is 0 Å². The largest absolute Gasteiger partial charge is 0.192 e. The second-order valence-electron chi connectivity index (χ2n) is 4.40. The number of rotatable bonds is 2. The van der Waals surface area contributed by atoms with Crippen molar-refractivity contribution in [3.8, 4) is 16.5 Å². The van der Waals surface area contributed by atoms with Crippen LogP contribution in [-0.4, -0.2) is 6.26 Å². The molecule has 0 spiro atoms. The lowest BCUT2D eigenvalue weighted by Crippen LogP contribution is -1.95. The summed E-state index contributed by atoms with van der Waals surface area (Å²) in [6.45, 7) is 0. The summed E-state index contributed by atoms with van der Waals surface area (Å²) in [7, 11) is 0. The highest BCUT2D eigenvalue weighted by atomic mass is 32.2. The van der Waals surface area contributed by atoms with Gasteiger partial charge in [-0.25, -0.2) is 0 Å². The highest BCUT2D eigenvalue weighted by Gasteiger charge is 2.22. The van der Waals surface area contributed by atoms with Gasteiger partial charge in [-0.05, 0) is 59.7 Å². The van der Waals surface area contributed by atoms with Crippen LogP contribution in [0.4, 0.5) is 0 Å². The summed E-state index contributed by atoms with van der Waals surface area (Å²) >= 11 is 3.46. The molecular formula is C15H13NS2. The molecule has 0 amide bonds. The number of thiophene rings is 1. The van der Waals surface area contributed by atoms with E-state index in [1.54, 1.807) is 23.1 Å². The average Bonchev–Trinajstić information content (AvgIpc) is 3.07. The Kier molecular flexibility index (Phi) is 3.15. The fourth-order valence-electron chi connectivity index (χ4n) is 2.69. The molecule has 2 aromatic rings. The standard InChI is InChI=1S/C15H13NS2/c1-17-15-8-12(14-6-3-7-18-14)10-4-2-5-11(10)13(15)9-16/h3,6-8H,2,4-5H2,1H3. The molecule has 0 radical (unpaired) electrons. The monoisotopic (exact) mass is 271 g/mol. The van der Waals surface area contributed by atoms with E-state index < -0.39 is 0 Å². The first-order chi connectivity index (χ1) is 8.85. The SMILES string of the molecule is CSc1cc(-c2cccs2)c2c(c1C#N)CCC2. The number of hydrogen-bond donors (Lipinski definition) is 0. The van der Waals surface area contributed by atoms with Crippen LogP contribution in [0.5, 0.6) is 0 Å². The molecule has 0 saturated carbocycles. The van der Waals surface area contributed by atoms with Crippen LogP contribution in [0.1, 0.15) is 23.1 Å². The second-order valence-corrected chi connectivity index (χ2v) is 6.20. The molecule has 3 heteroatoms. The number of hydrogen-bond acceptors (Lipinski definition) is 3. The highest BCUT2D eigenvalue weighted by molar-refractivity contribution is 7.98. The zero-order valence-electron chi connectivity index (χ0n) is 10.2. The molecule has 0 unspecified atom stereocenters. The molecule has 90 valence electrons. The third-order valence-corrected chi connectivity index (χ3v) is 5.15. The van der Waals surface area contributed by atoms with Gasteiger partial charge in [0.1, 0.15) is 6.07 Å². The van der Waals surface area contributed by atoms with Crippen molar-refractivity contribution in [1.82, 2.24) is 0 Å². The Balaban J connectivity index is 2.29. The third-order valence-electron chi connectivity index (χ3n) is 3.48. The van der Waals surface area contributed by atoms with Gasteiger partial charge in [0.15, 0.2) is 0 Å². The van der Waals surface area contributed by atoms with Gasteiger partial charge in [0.25, 0.3) is 0 Å². The lowest BCUT2D eigenvalue weighted by Gasteiger charge is -2.12. The van der Waals surface area contributed by atoms with Crippen LogP contribution >= 0.6 is 23.1 Å². The fraction of sp³-hybridized carbons (Fsp3) is 0.267. The molecule has 0 fully saturated rings. The Morgan fingerprint density at radius 1 is 1.33 bits per heavy atom. The maximum absolute atomic E-state index is 9.37. The van der Waals surface area contributed by atoms with Gasteiger partial charge < -0.3 is 0 Å². The summed E-state index contributed by atoms with van der Waals surface area (Å²) in [6, 6.07) is 8.88. The topological polar surface area (TPSA) is 23.8 Å². The molecule has 3 rings (SSSR count). The zero-order valence-corrected chi connectivity index (χ0v) is 11.8. The van der Waals surface area contributed by atoms with Crippen LogP contribution in [-0.2, 0) is 12.8 Å². The Bertz CT molecular complexity index is 621. The van der Waals surface area contributed by atoms with E-state index in [4.69, 9.17) is 0 Å². The molecular weight excluding hydrogens is 258 g/mol. The first kappa shape index (κ1) is 11.8. The lowest BCUT2D eigenvalue weighted by molar-refractivity contribution is 0.910. The predicted octanol–water partition coefficient (Wildman–Crippen LogP) is 4.50. The Hall–Kier alpha value is -1.24. The second kappa shape index (κ2) is 4.79. The van der Waals surface area contributed by atoms with Gasteiger partial charge in [0, 0.05) is 9.77 Å². The molecule has 1 aliphatic carbocycles. The van der Waals surface area contributed by atoms with Crippen molar-refractivity contribution in [3.63, 3.8) is 0 Å². The summed E-state index contributed by atoms with van der Waals surface area (Å²) in [5, 5.41) is 11.5. The van der Waals surface area contributed by atoms with E-state index >= 15 is 0 Å². The maximum Gasteiger partial charge on any atom is 0.101 e. The molecule has 1 heterocycles. The Labute approximate surface area is 115 Å². The molecule has 0 saturated heterocycles. The molecule has 1 aromatic heterocycles. The van der Waals surface area contributed by atoms with Crippen molar-refractivity contribution in [2.24, 2.45) is 0 Å². The smallest absolute Gasteiger partial charge is 0.101 e. The van der Waals surface area contributed by atoms with Gasteiger partial charge >= 0.3 is 0 Å². The van der Waals surface area contributed by atoms with Crippen LogP contribution in [0.25, 0.3) is 10.4 Å². The van der Waals surface area contributed by atoms with E-state index in [0.717, 1.165) is 23.3 Å². The Morgan fingerprint density at radius 2 is 2.17 bits per heavy atom. The van der Waals surface area contributed by atoms with Gasteiger partial charge in [-0.1, -0.05) is 6.07 Å². The first-order valence-electron chi connectivity index (χ1n) is 6.02. The van der Waals surface area contributed by atoms with Crippen molar-refractivity contribution >= 4 is 23.1 Å². The van der Waals surface area contributed by atoms with E-state index in [2.05, 4.69) is 35.9 Å². The van der Waals surface area contributed by atoms with E-state index in [0.29, 0.717) is 0 Å². The van der Waals surface area contributed by atoms with E-state index in [-0.39, 0.29) is 0 Å². The van der Waals surface area contributed by atoms with Crippen LogP contribution in [0, 0.1) is 11.3 Å². The van der Waals surface area contributed by atoms with Crippen molar-refractivity contribution < 1.29 is 0 Å². The quantitative estimate of drug-likeness (QED) is 0.751. The van der Waals surface area contributed by atoms with Crippen LogP contribution in [0.2, 0.25) is 0 Å². The number of nitrogens with zero attached hydrogens (tertiary/aromatic N) is 1. The van der Waals surface area contributed by atoms with Crippen LogP contribution in [0.15, 0.2) is 28.5 Å². The first-order valence-corrected chi connectivity index (χ1v) is 8.12. The van der Waals surface area contributed by atoms with Crippen LogP contribution < -0.4 is 0 Å². The predicted molar refractivity (Wildman–Crippen MR) is 78.3 cm³/mol. The highest BCUT2D eigenvalue weighted by Crippen LogP contribution is 2.40. The van der Waals surface area contributed by atoms with Crippen molar-refractivity contribution in [3.05, 3.63) is 40.3 Å². The minimum atomic E-state index is 0.912. The molecule has 1 aliphatic rings. The normalized spacial score (nSPS) is 13.3. The molecule has 0 bridgehead atoms. The van der Waals surface area contributed by atoms with Crippen LogP contribution in [0.3, 0.4) is 0 Å². The minimum Gasteiger partial charge on any atom is -0.192 e. The van der Waals surface area contributed by atoms with E-state index in [9.17, 15) is 5.26 Å². The molecule has 18 heavy (non-hydrogen) atoms. The maximum atomic E-state index is 9.37. The minimum absolute atomic E-state index is 0.912. The lowest BCUT2D eigenvalue weighted by atomic mass is 9.97. The van der Waals surface area contributed by atoms with Gasteiger partial charge in [-0.3, -0.25) is 0 Å². The van der Waals surface area contributed by atoms with Gasteiger partial charge in [0.2, 0.25) is 0 Å². The summed E-state index contributed by atoms with van der Waals surface area (Å²) in [4.78, 5) is 2.45. The number of thioether (sulfide) groups is 1. The van der Waals surface area contributed by atoms with Crippen molar-refractivity contribution in [2.75, 3.05) is 6.26 Å². The molecule has 0 aliphatic heterocycles. The van der Waals surface area contributed by atoms with E-state index in [1.165, 1.54) is 28.0 Å². The summed E-state index contributed by atoms with van der Waals surface area (Å²) in [5.74, 6) is 0. The number of benzene rings is 1. The third kappa shape index (κ3) is 1.77. The number of fused-ring (bicyclic) bond motifs is 1. The molecule has 1 nitrogen and oxygen atoms in total. The van der Waals surface area contributed by atoms with Gasteiger partial charge in [-0.2, -0.15) is 5.26 Å². The summed E-state index contributed by atoms with van der Waals surface area (Å²) in [5.41, 5.74) is 4.97. The number of nitriles is 1. The zero-order chi connectivity index (χ0) is 12.5. The van der Waals surface area contributed by atoms with Crippen molar-refractivity contribution in [2.45, 2.75) is 24.2 Å². The molecule has 1 aromatic carbocycles. The Morgan fingerprint density at radius 3 is 2.83 bits per heavy atom. The summed E-state index contributed by atoms with van der Waals surface area (Å²) in [6.07, 6.45) is 5.41. The molecule has 0 N–H and O–H groups in total. The fourth-order valence-corrected chi connectivity index (χ4v) is 4.07. The average molecular weight is 271 g/mol.